The Balaban J connectivity index is 1.62. The van der Waals surface area contributed by atoms with Crippen LogP contribution in [0.25, 0.3) is 22.8 Å². The van der Waals surface area contributed by atoms with Crippen molar-refractivity contribution in [2.45, 2.75) is 19.6 Å². The molecule has 0 atom stereocenters. The van der Waals surface area contributed by atoms with Crippen molar-refractivity contribution in [1.82, 2.24) is 19.9 Å². The van der Waals surface area contributed by atoms with Gasteiger partial charge in [-0.15, -0.1) is 0 Å². The number of hydrogen-bond donors (Lipinski definition) is 0. The molecule has 0 aliphatic carbocycles. The van der Waals surface area contributed by atoms with Gasteiger partial charge in [0.2, 0.25) is 5.82 Å². The van der Waals surface area contributed by atoms with Gasteiger partial charge in [0.05, 0.1) is 31.5 Å². The molecule has 6 nitrogen and oxygen atoms in total. The Kier molecular flexibility index (Phi) is 3.63. The number of hydrogen-bond acceptors (Lipinski definition) is 5. The average Bonchev–Trinajstić information content (AvgIpc) is 3.24. The van der Waals surface area contributed by atoms with Gasteiger partial charge in [-0.05, 0) is 29.7 Å². The van der Waals surface area contributed by atoms with E-state index in [9.17, 15) is 4.39 Å². The Morgan fingerprint density at radius 1 is 1.22 bits per heavy atom. The number of aromatic nitrogens is 4. The Morgan fingerprint density at radius 3 is 3.09 bits per heavy atom. The second kappa shape index (κ2) is 5.92. The Labute approximate surface area is 131 Å². The van der Waals surface area contributed by atoms with E-state index in [0.29, 0.717) is 23.9 Å². The number of benzene rings is 1. The molecular weight excluding hydrogens is 299 g/mol. The van der Waals surface area contributed by atoms with E-state index in [2.05, 4.69) is 21.3 Å². The highest BCUT2D eigenvalue weighted by Crippen LogP contribution is 2.26. The molecule has 23 heavy (non-hydrogen) atoms. The first-order chi connectivity index (χ1) is 11.3. The fourth-order valence-electron chi connectivity index (χ4n) is 2.64. The monoisotopic (exact) mass is 314 g/mol. The van der Waals surface area contributed by atoms with E-state index in [0.717, 1.165) is 18.6 Å². The zero-order valence-electron chi connectivity index (χ0n) is 12.4. The van der Waals surface area contributed by atoms with Crippen molar-refractivity contribution in [2.24, 2.45) is 0 Å². The molecule has 1 aromatic carbocycles. The first-order valence-corrected chi connectivity index (χ1v) is 7.46. The molecule has 1 aliphatic rings. The van der Waals surface area contributed by atoms with Crippen molar-refractivity contribution in [1.29, 1.82) is 0 Å². The summed E-state index contributed by atoms with van der Waals surface area (Å²) in [5.41, 5.74) is 4.05. The fraction of sp³-hybridized carbons (Fsp3) is 0.312. The van der Waals surface area contributed by atoms with E-state index in [4.69, 9.17) is 9.26 Å². The largest absolute Gasteiger partial charge is 0.376 e. The number of alkyl halides is 1. The molecule has 3 aromatic rings. The Hall–Kier alpha value is -2.54. The van der Waals surface area contributed by atoms with Crippen LogP contribution in [-0.2, 0) is 24.3 Å². The van der Waals surface area contributed by atoms with Crippen molar-refractivity contribution >= 4 is 0 Å². The van der Waals surface area contributed by atoms with E-state index < -0.39 is 6.67 Å². The zero-order valence-corrected chi connectivity index (χ0v) is 12.4. The van der Waals surface area contributed by atoms with Crippen LogP contribution in [0.3, 0.4) is 0 Å². The number of rotatable bonds is 4. The zero-order chi connectivity index (χ0) is 15.6. The predicted octanol–water partition coefficient (Wildman–Crippen LogP) is 2.64. The van der Waals surface area contributed by atoms with E-state index in [1.54, 1.807) is 12.4 Å². The topological polar surface area (TPSA) is 66.0 Å². The van der Waals surface area contributed by atoms with Gasteiger partial charge >= 0.3 is 0 Å². The van der Waals surface area contributed by atoms with Crippen LogP contribution >= 0.6 is 0 Å². The van der Waals surface area contributed by atoms with Gasteiger partial charge in [0.15, 0.2) is 0 Å². The summed E-state index contributed by atoms with van der Waals surface area (Å²) >= 11 is 0. The van der Waals surface area contributed by atoms with Crippen molar-refractivity contribution < 1.29 is 13.7 Å². The first kappa shape index (κ1) is 14.1. The lowest BCUT2D eigenvalue weighted by Crippen LogP contribution is -2.09. The van der Waals surface area contributed by atoms with Gasteiger partial charge in [0.1, 0.15) is 6.67 Å². The second-order valence-corrected chi connectivity index (χ2v) is 5.39. The molecule has 3 heterocycles. The number of ether oxygens (including phenoxy) is 1. The summed E-state index contributed by atoms with van der Waals surface area (Å²) in [6, 6.07) is 6.06. The molecule has 4 rings (SSSR count). The molecule has 0 unspecified atom stereocenters. The van der Waals surface area contributed by atoms with Gasteiger partial charge < -0.3 is 9.26 Å². The summed E-state index contributed by atoms with van der Waals surface area (Å²) in [6.45, 7) is 1.15. The highest BCUT2D eigenvalue weighted by atomic mass is 19.1. The highest BCUT2D eigenvalue weighted by Gasteiger charge is 2.15. The fourth-order valence-corrected chi connectivity index (χ4v) is 2.64. The standard InChI is InChI=1S/C16H15FN4O2/c17-4-5-21-9-14(8-18-21)15-19-16(23-20-15)12-1-2-13-10-22-6-3-11(13)7-12/h1-2,7-9H,3-6,10H2. The Bertz CT molecular complexity index is 827. The average molecular weight is 314 g/mol. The lowest BCUT2D eigenvalue weighted by atomic mass is 10.0. The molecule has 118 valence electrons. The molecule has 0 saturated heterocycles. The number of halogens is 1. The molecule has 0 bridgehead atoms. The molecule has 7 heteroatoms. The summed E-state index contributed by atoms with van der Waals surface area (Å²) in [5, 5.41) is 8.05. The maximum atomic E-state index is 12.3. The lowest BCUT2D eigenvalue weighted by molar-refractivity contribution is 0.111. The van der Waals surface area contributed by atoms with Gasteiger partial charge in [-0.1, -0.05) is 11.2 Å². The van der Waals surface area contributed by atoms with Crippen LogP contribution in [0.5, 0.6) is 0 Å². The molecule has 0 amide bonds. The smallest absolute Gasteiger partial charge is 0.258 e. The number of nitrogens with zero attached hydrogens (tertiary/aromatic N) is 4. The predicted molar refractivity (Wildman–Crippen MR) is 80.3 cm³/mol. The van der Waals surface area contributed by atoms with Crippen LogP contribution in [-0.4, -0.2) is 33.2 Å². The summed E-state index contributed by atoms with van der Waals surface area (Å²) < 4.78 is 24.7. The third kappa shape index (κ3) is 2.75. The normalized spacial score (nSPS) is 14.0. The number of fused-ring (bicyclic) bond motifs is 1. The van der Waals surface area contributed by atoms with Gasteiger partial charge in [-0.25, -0.2) is 4.39 Å². The van der Waals surface area contributed by atoms with Gasteiger partial charge in [0, 0.05) is 11.8 Å². The van der Waals surface area contributed by atoms with Crippen molar-refractivity contribution in [2.75, 3.05) is 13.3 Å². The molecule has 0 radical (unpaired) electrons. The van der Waals surface area contributed by atoms with Crippen molar-refractivity contribution in [3.8, 4) is 22.8 Å². The third-order valence-electron chi connectivity index (χ3n) is 3.86. The van der Waals surface area contributed by atoms with Gasteiger partial charge in [-0.3, -0.25) is 4.68 Å². The molecule has 0 N–H and O–H groups in total. The van der Waals surface area contributed by atoms with E-state index >= 15 is 0 Å². The van der Waals surface area contributed by atoms with E-state index in [1.165, 1.54) is 15.8 Å². The van der Waals surface area contributed by atoms with Crippen LogP contribution in [0.15, 0.2) is 35.1 Å². The minimum absolute atomic E-state index is 0.220. The molecule has 1 aliphatic heterocycles. The highest BCUT2D eigenvalue weighted by molar-refractivity contribution is 5.60. The van der Waals surface area contributed by atoms with Crippen molar-refractivity contribution in [3.63, 3.8) is 0 Å². The summed E-state index contributed by atoms with van der Waals surface area (Å²) in [6.07, 6.45) is 4.20. The quantitative estimate of drug-likeness (QED) is 0.740. The molecule has 0 saturated carbocycles. The molecular formula is C16H15FN4O2. The minimum Gasteiger partial charge on any atom is -0.376 e. The second-order valence-electron chi connectivity index (χ2n) is 5.39. The molecule has 0 fully saturated rings. The Morgan fingerprint density at radius 2 is 2.17 bits per heavy atom. The van der Waals surface area contributed by atoms with Gasteiger partial charge in [-0.2, -0.15) is 10.1 Å². The molecule has 0 spiro atoms. The van der Waals surface area contributed by atoms with Gasteiger partial charge in [0.25, 0.3) is 5.89 Å². The van der Waals surface area contributed by atoms with E-state index in [1.807, 2.05) is 12.1 Å². The van der Waals surface area contributed by atoms with Crippen LogP contribution in [0.4, 0.5) is 4.39 Å². The molecule has 2 aromatic heterocycles. The SMILES string of the molecule is FCCn1cc(-c2noc(-c3ccc4c(c3)CCOC4)n2)cn1. The summed E-state index contributed by atoms with van der Waals surface area (Å²) in [7, 11) is 0. The number of aryl methyl sites for hydroxylation is 1. The summed E-state index contributed by atoms with van der Waals surface area (Å²) in [5.74, 6) is 0.915. The van der Waals surface area contributed by atoms with Crippen LogP contribution < -0.4 is 0 Å². The van der Waals surface area contributed by atoms with Crippen LogP contribution in [0.2, 0.25) is 0 Å². The maximum Gasteiger partial charge on any atom is 0.258 e. The minimum atomic E-state index is -0.461. The summed E-state index contributed by atoms with van der Waals surface area (Å²) in [4.78, 5) is 4.42. The van der Waals surface area contributed by atoms with Crippen LogP contribution in [0, 0.1) is 0 Å². The lowest BCUT2D eigenvalue weighted by Gasteiger charge is -2.16. The maximum absolute atomic E-state index is 12.3. The van der Waals surface area contributed by atoms with E-state index in [-0.39, 0.29) is 6.54 Å². The van der Waals surface area contributed by atoms with Crippen LogP contribution in [0.1, 0.15) is 11.1 Å². The van der Waals surface area contributed by atoms with Crippen molar-refractivity contribution in [3.05, 3.63) is 41.7 Å². The third-order valence-corrected chi connectivity index (χ3v) is 3.86. The first-order valence-electron chi connectivity index (χ1n) is 7.46.